The molecular formula is C25H30O7. The summed E-state index contributed by atoms with van der Waals surface area (Å²) in [4.78, 5) is 38.9. The summed E-state index contributed by atoms with van der Waals surface area (Å²) in [7, 11) is 5.38. The summed E-state index contributed by atoms with van der Waals surface area (Å²) in [5.41, 5.74) is 2.93. The first-order valence-corrected chi connectivity index (χ1v) is 10.2. The van der Waals surface area contributed by atoms with Crippen LogP contribution in [0, 0.1) is 25.7 Å². The first kappa shape index (κ1) is 24.9. The molecule has 0 spiro atoms. The highest BCUT2D eigenvalue weighted by Crippen LogP contribution is 2.40. The number of methoxy groups -OCH3 is 4. The van der Waals surface area contributed by atoms with Crippen molar-refractivity contribution in [3.63, 3.8) is 0 Å². The van der Waals surface area contributed by atoms with Crippen LogP contribution in [0.5, 0.6) is 11.5 Å². The van der Waals surface area contributed by atoms with Crippen molar-refractivity contribution >= 4 is 17.7 Å². The van der Waals surface area contributed by atoms with Crippen LogP contribution in [0.15, 0.2) is 36.4 Å². The average molecular weight is 443 g/mol. The topological polar surface area (TPSA) is 88.1 Å². The fourth-order valence-electron chi connectivity index (χ4n) is 3.97. The highest BCUT2D eigenvalue weighted by atomic mass is 16.5. The molecule has 7 nitrogen and oxygen atoms in total. The molecule has 172 valence electrons. The molecule has 0 saturated carbocycles. The molecule has 0 aliphatic heterocycles. The molecule has 0 bridgehead atoms. The molecule has 2 aromatic rings. The van der Waals surface area contributed by atoms with Crippen molar-refractivity contribution in [1.82, 2.24) is 0 Å². The van der Waals surface area contributed by atoms with Gasteiger partial charge in [0.05, 0.1) is 28.4 Å². The number of hydrogen-bond donors (Lipinski definition) is 0. The Morgan fingerprint density at radius 2 is 1.38 bits per heavy atom. The number of rotatable bonds is 9. The van der Waals surface area contributed by atoms with Gasteiger partial charge in [-0.15, -0.1) is 0 Å². The number of carbonyl (C=O) groups is 3. The monoisotopic (exact) mass is 442 g/mol. The average Bonchev–Trinajstić information content (AvgIpc) is 2.80. The van der Waals surface area contributed by atoms with Crippen molar-refractivity contribution in [3.05, 3.63) is 58.7 Å². The van der Waals surface area contributed by atoms with Gasteiger partial charge in [-0.2, -0.15) is 0 Å². The van der Waals surface area contributed by atoms with E-state index in [2.05, 4.69) is 0 Å². The molecule has 0 fully saturated rings. The third-order valence-electron chi connectivity index (χ3n) is 5.66. The number of ketones is 1. The van der Waals surface area contributed by atoms with Gasteiger partial charge in [0.1, 0.15) is 0 Å². The Labute approximate surface area is 188 Å². The van der Waals surface area contributed by atoms with E-state index >= 15 is 0 Å². The van der Waals surface area contributed by atoms with E-state index in [0.29, 0.717) is 22.6 Å². The summed E-state index contributed by atoms with van der Waals surface area (Å²) in [6, 6.07) is 10.6. The van der Waals surface area contributed by atoms with Crippen LogP contribution in [-0.4, -0.2) is 46.2 Å². The van der Waals surface area contributed by atoms with Crippen molar-refractivity contribution in [2.45, 2.75) is 26.7 Å². The number of aryl methyl sites for hydroxylation is 2. The van der Waals surface area contributed by atoms with Gasteiger partial charge in [0, 0.05) is 17.4 Å². The first-order chi connectivity index (χ1) is 15.2. The standard InChI is InChI=1S/C25H30O7/c1-14-8-10-18(15(2)12-14)23(26)16(3)21(22(24(27)31-6)25(28)32-7)17-9-11-19(29-4)20(13-17)30-5/h8-13,16,21-22H,1-7H3/t16-,21+/m0/s1. The van der Waals surface area contributed by atoms with Crippen LogP contribution in [0.2, 0.25) is 0 Å². The SMILES string of the molecule is COC(=O)C(C(=O)OC)[C@@H](c1ccc(OC)c(OC)c1)[C@H](C)C(=O)c1ccc(C)cc1C. The minimum Gasteiger partial charge on any atom is -0.493 e. The van der Waals surface area contributed by atoms with Crippen LogP contribution in [0.25, 0.3) is 0 Å². The normalized spacial score (nSPS) is 12.6. The van der Waals surface area contributed by atoms with Gasteiger partial charge < -0.3 is 18.9 Å². The Morgan fingerprint density at radius 1 is 0.781 bits per heavy atom. The van der Waals surface area contributed by atoms with Gasteiger partial charge in [-0.05, 0) is 37.1 Å². The molecule has 0 heterocycles. The molecule has 0 radical (unpaired) electrons. The zero-order chi connectivity index (χ0) is 24.0. The number of hydrogen-bond acceptors (Lipinski definition) is 7. The lowest BCUT2D eigenvalue weighted by Crippen LogP contribution is -2.37. The summed E-state index contributed by atoms with van der Waals surface area (Å²) in [5, 5.41) is 0. The molecule has 0 saturated heterocycles. The van der Waals surface area contributed by atoms with E-state index in [9.17, 15) is 14.4 Å². The second-order valence-electron chi connectivity index (χ2n) is 7.64. The number of Topliss-reactive ketones (excluding diaryl/α,β-unsaturated/α-hetero) is 1. The van der Waals surface area contributed by atoms with Gasteiger partial charge in [0.25, 0.3) is 0 Å². The predicted molar refractivity (Wildman–Crippen MR) is 119 cm³/mol. The zero-order valence-electron chi connectivity index (χ0n) is 19.6. The highest BCUT2D eigenvalue weighted by molar-refractivity contribution is 6.02. The quantitative estimate of drug-likeness (QED) is 0.331. The number of esters is 2. The van der Waals surface area contributed by atoms with Gasteiger partial charge in [-0.25, -0.2) is 0 Å². The maximum atomic E-state index is 13.5. The molecule has 7 heteroatoms. The van der Waals surface area contributed by atoms with Gasteiger partial charge >= 0.3 is 11.9 Å². The van der Waals surface area contributed by atoms with E-state index in [0.717, 1.165) is 11.1 Å². The third kappa shape index (κ3) is 5.10. The minimum atomic E-state index is -1.34. The lowest BCUT2D eigenvalue weighted by molar-refractivity contribution is -0.160. The fourth-order valence-corrected chi connectivity index (χ4v) is 3.97. The van der Waals surface area contributed by atoms with E-state index in [1.54, 1.807) is 31.2 Å². The summed E-state index contributed by atoms with van der Waals surface area (Å²) in [6.07, 6.45) is 0. The number of ether oxygens (including phenoxy) is 4. The van der Waals surface area contributed by atoms with Crippen LogP contribution < -0.4 is 9.47 Å². The lowest BCUT2D eigenvalue weighted by atomic mass is 9.74. The van der Waals surface area contributed by atoms with E-state index in [-0.39, 0.29) is 5.78 Å². The van der Waals surface area contributed by atoms with Gasteiger partial charge in [0.15, 0.2) is 23.2 Å². The minimum absolute atomic E-state index is 0.194. The Balaban J connectivity index is 2.67. The molecule has 0 N–H and O–H groups in total. The van der Waals surface area contributed by atoms with E-state index in [1.807, 2.05) is 26.0 Å². The van der Waals surface area contributed by atoms with Crippen molar-refractivity contribution in [1.29, 1.82) is 0 Å². The molecule has 0 unspecified atom stereocenters. The molecule has 0 amide bonds. The fraction of sp³-hybridized carbons (Fsp3) is 0.400. The molecule has 2 rings (SSSR count). The Kier molecular flexibility index (Phi) is 8.41. The van der Waals surface area contributed by atoms with Crippen LogP contribution >= 0.6 is 0 Å². The van der Waals surface area contributed by atoms with Gasteiger partial charge in [0.2, 0.25) is 0 Å². The second-order valence-corrected chi connectivity index (χ2v) is 7.64. The van der Waals surface area contributed by atoms with E-state index in [1.165, 1.54) is 28.4 Å². The molecule has 0 aliphatic rings. The molecule has 2 atom stereocenters. The Bertz CT molecular complexity index is 980. The number of benzene rings is 2. The molecule has 0 aromatic heterocycles. The zero-order valence-corrected chi connectivity index (χ0v) is 19.6. The smallest absolute Gasteiger partial charge is 0.320 e. The largest absolute Gasteiger partial charge is 0.493 e. The van der Waals surface area contributed by atoms with Crippen molar-refractivity contribution in [2.24, 2.45) is 11.8 Å². The van der Waals surface area contributed by atoms with Crippen LogP contribution in [0.1, 0.15) is 39.9 Å². The molecule has 0 aliphatic carbocycles. The van der Waals surface area contributed by atoms with Crippen molar-refractivity contribution < 1.29 is 33.3 Å². The van der Waals surface area contributed by atoms with Gasteiger partial charge in [-0.1, -0.05) is 36.8 Å². The van der Waals surface area contributed by atoms with Crippen molar-refractivity contribution in [2.75, 3.05) is 28.4 Å². The highest BCUT2D eigenvalue weighted by Gasteiger charge is 2.43. The van der Waals surface area contributed by atoms with E-state index < -0.39 is 29.7 Å². The van der Waals surface area contributed by atoms with E-state index in [4.69, 9.17) is 18.9 Å². The molecular weight excluding hydrogens is 412 g/mol. The van der Waals surface area contributed by atoms with Crippen LogP contribution in [-0.2, 0) is 19.1 Å². The lowest BCUT2D eigenvalue weighted by Gasteiger charge is -2.29. The predicted octanol–water partition coefficient (Wildman–Crippen LogP) is 3.89. The van der Waals surface area contributed by atoms with Crippen LogP contribution in [0.3, 0.4) is 0 Å². The summed E-state index contributed by atoms with van der Waals surface area (Å²) in [6.45, 7) is 5.50. The number of carbonyl (C=O) groups excluding carboxylic acids is 3. The van der Waals surface area contributed by atoms with Crippen molar-refractivity contribution in [3.8, 4) is 11.5 Å². The summed E-state index contributed by atoms with van der Waals surface area (Å²) in [5.74, 6) is -3.81. The van der Waals surface area contributed by atoms with Gasteiger partial charge in [-0.3, -0.25) is 14.4 Å². The Morgan fingerprint density at radius 3 is 1.88 bits per heavy atom. The third-order valence-corrected chi connectivity index (χ3v) is 5.66. The first-order valence-electron chi connectivity index (χ1n) is 10.2. The molecule has 32 heavy (non-hydrogen) atoms. The second kappa shape index (κ2) is 10.8. The Hall–Kier alpha value is -3.35. The van der Waals surface area contributed by atoms with Crippen LogP contribution in [0.4, 0.5) is 0 Å². The maximum absolute atomic E-state index is 13.5. The maximum Gasteiger partial charge on any atom is 0.320 e. The summed E-state index contributed by atoms with van der Waals surface area (Å²) >= 11 is 0. The molecule has 2 aromatic carbocycles. The summed E-state index contributed by atoms with van der Waals surface area (Å²) < 4.78 is 20.5.